The summed E-state index contributed by atoms with van der Waals surface area (Å²) in [7, 11) is 1.94. The van der Waals surface area contributed by atoms with Crippen molar-refractivity contribution in [2.75, 3.05) is 7.05 Å². The molecular weight excluding hydrogens is 234 g/mol. The summed E-state index contributed by atoms with van der Waals surface area (Å²) >= 11 is 6.04. The number of likely N-dealkylation sites (N-methyl/N-ethyl adjacent to an activating group) is 1. The highest BCUT2D eigenvalue weighted by Gasteiger charge is 2.37. The first-order valence-corrected chi connectivity index (χ1v) is 6.58. The first-order valence-electron chi connectivity index (χ1n) is 6.21. The first-order chi connectivity index (χ1) is 8.16. The average molecular weight is 250 g/mol. The molecule has 0 spiro atoms. The predicted molar refractivity (Wildman–Crippen MR) is 68.3 cm³/mol. The predicted octanol–water partition coefficient (Wildman–Crippen LogP) is 2.99. The summed E-state index contributed by atoms with van der Waals surface area (Å²) in [6.07, 6.45) is 3.77. The average Bonchev–Trinajstić information content (AvgIpc) is 2.33. The molecule has 2 aliphatic rings. The van der Waals surface area contributed by atoms with Crippen molar-refractivity contribution in [3.63, 3.8) is 0 Å². The van der Waals surface area contributed by atoms with Gasteiger partial charge >= 0.3 is 0 Å². The number of hydrogen-bond donors (Lipinski definition) is 0. The number of carbonyl (C=O) groups excluding carboxylic acids is 1. The van der Waals surface area contributed by atoms with Crippen molar-refractivity contribution in [2.45, 2.75) is 37.6 Å². The summed E-state index contributed by atoms with van der Waals surface area (Å²) in [5.41, 5.74) is 2.78. The van der Waals surface area contributed by atoms with Gasteiger partial charge in [0.1, 0.15) is 0 Å². The number of hydrogen-bond acceptors (Lipinski definition) is 1. The molecule has 3 heteroatoms. The highest BCUT2D eigenvalue weighted by molar-refractivity contribution is 6.30. The van der Waals surface area contributed by atoms with Gasteiger partial charge in [0.05, 0.1) is 0 Å². The van der Waals surface area contributed by atoms with Gasteiger partial charge in [-0.15, -0.1) is 0 Å². The van der Waals surface area contributed by atoms with Crippen molar-refractivity contribution in [1.29, 1.82) is 0 Å². The largest absolute Gasteiger partial charge is 0.342 e. The zero-order valence-electron chi connectivity index (χ0n) is 9.95. The Morgan fingerprint density at radius 2 is 2.12 bits per heavy atom. The van der Waals surface area contributed by atoms with Crippen LogP contribution in [0.3, 0.4) is 0 Å². The van der Waals surface area contributed by atoms with E-state index in [0.29, 0.717) is 24.3 Å². The third-order valence-electron chi connectivity index (χ3n) is 4.24. The maximum atomic E-state index is 11.7. The minimum atomic E-state index is 0.295. The summed E-state index contributed by atoms with van der Waals surface area (Å²) in [6.45, 7) is 0. The molecule has 17 heavy (non-hydrogen) atoms. The Bertz CT molecular complexity index is 471. The Morgan fingerprint density at radius 1 is 1.29 bits per heavy atom. The molecule has 0 saturated carbocycles. The molecule has 2 nitrogen and oxygen atoms in total. The van der Waals surface area contributed by atoms with Crippen molar-refractivity contribution >= 4 is 17.5 Å². The van der Waals surface area contributed by atoms with Gasteiger partial charge in [-0.3, -0.25) is 4.79 Å². The molecule has 0 bridgehead atoms. The fourth-order valence-electron chi connectivity index (χ4n) is 3.32. The molecule has 1 amide bonds. The van der Waals surface area contributed by atoms with E-state index in [1.807, 2.05) is 18.0 Å². The van der Waals surface area contributed by atoms with E-state index in [0.717, 1.165) is 24.3 Å². The number of carbonyl (C=O) groups is 1. The fraction of sp³-hybridized carbons (Fsp3) is 0.500. The van der Waals surface area contributed by atoms with Gasteiger partial charge in [0.25, 0.3) is 0 Å². The summed E-state index contributed by atoms with van der Waals surface area (Å²) in [5.74, 6) is 0.808. The van der Waals surface area contributed by atoms with Crippen LogP contribution in [0.25, 0.3) is 0 Å². The molecule has 1 unspecified atom stereocenters. The standard InChI is InChI=1S/C14H16ClNO/c1-16-13-6-2-9-8-10(15)3-4-11(9)12(13)5-7-14(16)17/h3-4,8,12-13H,2,5-7H2,1H3/t12-,13?/m1/s1. The number of halogens is 1. The van der Waals surface area contributed by atoms with Gasteiger partial charge in [-0.25, -0.2) is 0 Å². The second kappa shape index (κ2) is 4.02. The zero-order chi connectivity index (χ0) is 12.0. The number of fused-ring (bicyclic) bond motifs is 3. The summed E-state index contributed by atoms with van der Waals surface area (Å²) < 4.78 is 0. The lowest BCUT2D eigenvalue weighted by molar-refractivity contribution is -0.135. The molecule has 1 aromatic carbocycles. The molecule has 0 N–H and O–H groups in total. The van der Waals surface area contributed by atoms with Gasteiger partial charge in [0.2, 0.25) is 5.91 Å². The normalized spacial score (nSPS) is 27.6. The lowest BCUT2D eigenvalue weighted by Crippen LogP contribution is -2.47. The quantitative estimate of drug-likeness (QED) is 0.692. The molecule has 1 aromatic rings. The lowest BCUT2D eigenvalue weighted by atomic mass is 9.74. The van der Waals surface area contributed by atoms with E-state index in [1.165, 1.54) is 11.1 Å². The molecule has 2 atom stereocenters. The molecule has 0 radical (unpaired) electrons. The van der Waals surface area contributed by atoms with Crippen LogP contribution in [0.15, 0.2) is 18.2 Å². The highest BCUT2D eigenvalue weighted by atomic mass is 35.5. The third kappa shape index (κ3) is 1.75. The number of benzene rings is 1. The van der Waals surface area contributed by atoms with Crippen LogP contribution in [-0.2, 0) is 11.2 Å². The molecular formula is C14H16ClNO. The van der Waals surface area contributed by atoms with E-state index < -0.39 is 0 Å². The van der Waals surface area contributed by atoms with E-state index in [1.54, 1.807) is 0 Å². The molecule has 1 fully saturated rings. The highest BCUT2D eigenvalue weighted by Crippen LogP contribution is 2.41. The van der Waals surface area contributed by atoms with Gasteiger partial charge in [-0.1, -0.05) is 17.7 Å². The Kier molecular flexibility index (Phi) is 2.62. The molecule has 3 rings (SSSR count). The molecule has 1 aliphatic carbocycles. The third-order valence-corrected chi connectivity index (χ3v) is 4.47. The van der Waals surface area contributed by atoms with Crippen LogP contribution >= 0.6 is 11.6 Å². The van der Waals surface area contributed by atoms with E-state index >= 15 is 0 Å². The van der Waals surface area contributed by atoms with Crippen molar-refractivity contribution in [1.82, 2.24) is 4.90 Å². The second-order valence-corrected chi connectivity index (χ2v) is 5.54. The molecule has 0 aromatic heterocycles. The second-order valence-electron chi connectivity index (χ2n) is 5.10. The molecule has 1 aliphatic heterocycles. The van der Waals surface area contributed by atoms with Crippen LogP contribution in [0, 0.1) is 0 Å². The van der Waals surface area contributed by atoms with E-state index in [2.05, 4.69) is 12.1 Å². The Morgan fingerprint density at radius 3 is 2.94 bits per heavy atom. The summed E-state index contributed by atoms with van der Waals surface area (Å²) in [6, 6.07) is 6.60. The summed E-state index contributed by atoms with van der Waals surface area (Å²) in [5, 5.41) is 0.822. The molecule has 90 valence electrons. The smallest absolute Gasteiger partial charge is 0.222 e. The maximum absolute atomic E-state index is 11.7. The van der Waals surface area contributed by atoms with E-state index in [-0.39, 0.29) is 0 Å². The number of piperidine rings is 1. The molecule has 1 heterocycles. The van der Waals surface area contributed by atoms with Gasteiger partial charge in [-0.05, 0) is 42.5 Å². The van der Waals surface area contributed by atoms with Crippen LogP contribution in [-0.4, -0.2) is 23.9 Å². The van der Waals surface area contributed by atoms with Gasteiger partial charge in [-0.2, -0.15) is 0 Å². The Hall–Kier alpha value is -1.02. The van der Waals surface area contributed by atoms with Gasteiger partial charge in [0.15, 0.2) is 0 Å². The first kappa shape index (κ1) is 11.1. The van der Waals surface area contributed by atoms with Crippen LogP contribution in [0.4, 0.5) is 0 Å². The lowest BCUT2D eigenvalue weighted by Gasteiger charge is -2.43. The summed E-state index contributed by atoms with van der Waals surface area (Å²) in [4.78, 5) is 13.7. The minimum absolute atomic E-state index is 0.295. The zero-order valence-corrected chi connectivity index (χ0v) is 10.7. The Labute approximate surface area is 107 Å². The SMILES string of the molecule is CN1C(=O)CC[C@@H]2c3ccc(Cl)cc3CCC21. The minimum Gasteiger partial charge on any atom is -0.342 e. The van der Waals surface area contributed by atoms with Crippen LogP contribution in [0.1, 0.15) is 36.3 Å². The topological polar surface area (TPSA) is 20.3 Å². The number of likely N-dealkylation sites (tertiary alicyclic amines) is 1. The monoisotopic (exact) mass is 249 g/mol. The van der Waals surface area contributed by atoms with Crippen molar-refractivity contribution < 1.29 is 4.79 Å². The van der Waals surface area contributed by atoms with Crippen molar-refractivity contribution in [3.05, 3.63) is 34.3 Å². The van der Waals surface area contributed by atoms with E-state index in [4.69, 9.17) is 11.6 Å². The van der Waals surface area contributed by atoms with Gasteiger partial charge < -0.3 is 4.90 Å². The van der Waals surface area contributed by atoms with Crippen molar-refractivity contribution in [3.8, 4) is 0 Å². The molecule has 1 saturated heterocycles. The van der Waals surface area contributed by atoms with Gasteiger partial charge in [0, 0.05) is 30.5 Å². The maximum Gasteiger partial charge on any atom is 0.222 e. The number of amides is 1. The van der Waals surface area contributed by atoms with E-state index in [9.17, 15) is 4.79 Å². The number of aryl methyl sites for hydroxylation is 1. The fourth-order valence-corrected chi connectivity index (χ4v) is 3.51. The van der Waals surface area contributed by atoms with Crippen LogP contribution in [0.2, 0.25) is 5.02 Å². The number of nitrogens with zero attached hydrogens (tertiary/aromatic N) is 1. The van der Waals surface area contributed by atoms with Crippen LogP contribution in [0.5, 0.6) is 0 Å². The number of rotatable bonds is 0. The van der Waals surface area contributed by atoms with Crippen LogP contribution < -0.4 is 0 Å². The Balaban J connectivity index is 1.99. The van der Waals surface area contributed by atoms with Crippen molar-refractivity contribution in [2.24, 2.45) is 0 Å².